The zero-order valence-electron chi connectivity index (χ0n) is 12.7. The number of aryl methyl sites for hydroxylation is 2. The van der Waals surface area contributed by atoms with E-state index in [9.17, 15) is 14.4 Å². The van der Waals surface area contributed by atoms with E-state index in [1.165, 1.54) is 30.3 Å². The van der Waals surface area contributed by atoms with Gasteiger partial charge in [0.05, 0.1) is 5.25 Å². The Kier molecular flexibility index (Phi) is 4.08. The fourth-order valence-corrected chi connectivity index (χ4v) is 3.02. The van der Waals surface area contributed by atoms with E-state index >= 15 is 0 Å². The van der Waals surface area contributed by atoms with Crippen LogP contribution in [0.15, 0.2) is 14.7 Å². The predicted octanol–water partition coefficient (Wildman–Crippen LogP) is 0.523. The first-order valence-corrected chi connectivity index (χ1v) is 7.50. The van der Waals surface area contributed by atoms with Crippen LogP contribution < -0.4 is 11.2 Å². The van der Waals surface area contributed by atoms with Crippen LogP contribution in [0.4, 0.5) is 0 Å². The summed E-state index contributed by atoms with van der Waals surface area (Å²) in [5.74, 6) is 0.0384. The zero-order valence-corrected chi connectivity index (χ0v) is 13.5. The molecule has 2 heterocycles. The Hall–Kier alpha value is -1.83. The average Bonchev–Trinajstić information content (AvgIpc) is 2.81. The molecule has 7 nitrogen and oxygen atoms in total. The number of ketones is 1. The number of carbonyl (C=O) groups is 1. The minimum absolute atomic E-state index is 0.0384. The Bertz CT molecular complexity index is 831. The van der Waals surface area contributed by atoms with Gasteiger partial charge >= 0.3 is 5.69 Å². The highest BCUT2D eigenvalue weighted by Crippen LogP contribution is 2.25. The molecule has 0 fully saturated rings. The minimum Gasteiger partial charge on any atom is -0.313 e. The summed E-state index contributed by atoms with van der Waals surface area (Å²) < 4.78 is 4.17. The molecule has 21 heavy (non-hydrogen) atoms. The van der Waals surface area contributed by atoms with Crippen LogP contribution in [0.3, 0.4) is 0 Å². The topological polar surface area (TPSA) is 78.9 Å². The summed E-state index contributed by atoms with van der Waals surface area (Å²) in [5, 5.41) is 0.321. The van der Waals surface area contributed by atoms with Gasteiger partial charge in [-0.05, 0) is 20.8 Å². The highest BCUT2D eigenvalue weighted by Gasteiger charge is 2.21. The molecule has 0 N–H and O–H groups in total. The molecule has 0 spiro atoms. The maximum atomic E-state index is 12.3. The first-order chi connectivity index (χ1) is 9.79. The summed E-state index contributed by atoms with van der Waals surface area (Å²) in [5.41, 5.74) is -0.0437. The monoisotopic (exact) mass is 310 g/mol. The number of rotatable bonds is 4. The number of nitrogens with zero attached hydrogens (tertiary/aromatic N) is 4. The fourth-order valence-electron chi connectivity index (χ4n) is 2.05. The van der Waals surface area contributed by atoms with Crippen molar-refractivity contribution < 1.29 is 4.79 Å². The van der Waals surface area contributed by atoms with Gasteiger partial charge in [-0.1, -0.05) is 11.8 Å². The third-order valence-corrected chi connectivity index (χ3v) is 4.69. The number of Topliss-reactive ketones (excluding diaryl/α,β-unsaturated/α-hetero) is 1. The van der Waals surface area contributed by atoms with E-state index in [4.69, 9.17) is 0 Å². The van der Waals surface area contributed by atoms with Gasteiger partial charge in [-0.25, -0.2) is 9.78 Å². The quantitative estimate of drug-likeness (QED) is 0.769. The number of carbonyl (C=O) groups excluding carboxylic acids is 1. The molecule has 0 aromatic carbocycles. The molecule has 114 valence electrons. The lowest BCUT2D eigenvalue weighted by Gasteiger charge is -2.08. The van der Waals surface area contributed by atoms with Gasteiger partial charge in [-0.15, -0.1) is 0 Å². The molecule has 0 aliphatic rings. The number of hydrogen-bond acceptors (Lipinski definition) is 5. The lowest BCUT2D eigenvalue weighted by atomic mass is 10.3. The SMILES string of the molecule is CCn1c(S[C@H](C)C(C)=O)nc2c1c(=O)n(C)c(=O)n2C. The molecule has 8 heteroatoms. The van der Waals surface area contributed by atoms with Crippen molar-refractivity contribution in [2.45, 2.75) is 37.7 Å². The smallest absolute Gasteiger partial charge is 0.313 e. The van der Waals surface area contributed by atoms with Crippen molar-refractivity contribution in [3.8, 4) is 0 Å². The molecule has 0 bridgehead atoms. The van der Waals surface area contributed by atoms with E-state index in [1.54, 1.807) is 18.5 Å². The maximum absolute atomic E-state index is 12.3. The first-order valence-electron chi connectivity index (χ1n) is 6.62. The second kappa shape index (κ2) is 5.51. The number of aromatic nitrogens is 4. The average molecular weight is 310 g/mol. The van der Waals surface area contributed by atoms with E-state index in [2.05, 4.69) is 4.98 Å². The Morgan fingerprint density at radius 2 is 1.90 bits per heavy atom. The minimum atomic E-state index is -0.413. The molecule has 0 unspecified atom stereocenters. The summed E-state index contributed by atoms with van der Waals surface area (Å²) >= 11 is 1.30. The third-order valence-electron chi connectivity index (χ3n) is 3.48. The van der Waals surface area contributed by atoms with Gasteiger partial charge in [-0.3, -0.25) is 18.7 Å². The zero-order chi connectivity index (χ0) is 15.9. The van der Waals surface area contributed by atoms with Crippen molar-refractivity contribution in [3.63, 3.8) is 0 Å². The predicted molar refractivity (Wildman–Crippen MR) is 81.9 cm³/mol. The first kappa shape index (κ1) is 15.6. The molecule has 0 aliphatic carbocycles. The molecule has 0 saturated heterocycles. The van der Waals surface area contributed by atoms with Gasteiger partial charge in [0.25, 0.3) is 5.56 Å². The highest BCUT2D eigenvalue weighted by atomic mass is 32.2. The highest BCUT2D eigenvalue weighted by molar-refractivity contribution is 8.00. The summed E-state index contributed by atoms with van der Waals surface area (Å²) in [6, 6.07) is 0. The standard InChI is InChI=1S/C13H18N4O3S/c1-6-17-9-10(14-12(17)21-8(3)7(2)18)15(4)13(20)16(5)11(9)19/h8H,6H2,1-5H3/t8-/m1/s1. The van der Waals surface area contributed by atoms with E-state index < -0.39 is 5.69 Å². The summed E-state index contributed by atoms with van der Waals surface area (Å²) in [6.45, 7) is 5.75. The maximum Gasteiger partial charge on any atom is 0.332 e. The van der Waals surface area contributed by atoms with E-state index in [0.717, 1.165) is 4.57 Å². The summed E-state index contributed by atoms with van der Waals surface area (Å²) in [6.07, 6.45) is 0. The lowest BCUT2D eigenvalue weighted by Crippen LogP contribution is -2.37. The normalized spacial score (nSPS) is 12.8. The Balaban J connectivity index is 2.79. The van der Waals surface area contributed by atoms with Crippen LogP contribution in [-0.4, -0.2) is 29.7 Å². The van der Waals surface area contributed by atoms with Crippen LogP contribution in [0.2, 0.25) is 0 Å². The van der Waals surface area contributed by atoms with Gasteiger partial charge < -0.3 is 4.57 Å². The third kappa shape index (κ3) is 2.44. The number of fused-ring (bicyclic) bond motifs is 1. The molecule has 2 rings (SSSR count). The van der Waals surface area contributed by atoms with E-state index in [0.29, 0.717) is 22.9 Å². The number of thioether (sulfide) groups is 1. The molecular formula is C13H18N4O3S. The van der Waals surface area contributed by atoms with Crippen molar-refractivity contribution in [1.82, 2.24) is 18.7 Å². The number of imidazole rings is 1. The summed E-state index contributed by atoms with van der Waals surface area (Å²) in [4.78, 5) is 40.1. The molecule has 0 amide bonds. The molecule has 1 atom stereocenters. The summed E-state index contributed by atoms with van der Waals surface area (Å²) in [7, 11) is 3.03. The van der Waals surface area contributed by atoms with Gasteiger partial charge in [0.15, 0.2) is 16.3 Å². The van der Waals surface area contributed by atoms with Crippen LogP contribution in [0.5, 0.6) is 0 Å². The van der Waals surface area contributed by atoms with Gasteiger partial charge in [0, 0.05) is 20.6 Å². The largest absolute Gasteiger partial charge is 0.332 e. The van der Waals surface area contributed by atoms with Crippen molar-refractivity contribution in [3.05, 3.63) is 20.8 Å². The molecular weight excluding hydrogens is 292 g/mol. The second-order valence-corrected chi connectivity index (χ2v) is 6.20. The van der Waals surface area contributed by atoms with Crippen LogP contribution in [0.1, 0.15) is 20.8 Å². The van der Waals surface area contributed by atoms with Crippen LogP contribution >= 0.6 is 11.8 Å². The van der Waals surface area contributed by atoms with Crippen molar-refractivity contribution in [2.75, 3.05) is 0 Å². The Morgan fingerprint density at radius 3 is 2.43 bits per heavy atom. The van der Waals surface area contributed by atoms with Crippen LogP contribution in [0.25, 0.3) is 11.2 Å². The van der Waals surface area contributed by atoms with Gasteiger partial charge in [-0.2, -0.15) is 0 Å². The van der Waals surface area contributed by atoms with Crippen molar-refractivity contribution in [2.24, 2.45) is 14.1 Å². The molecule has 2 aromatic heterocycles. The fraction of sp³-hybridized carbons (Fsp3) is 0.538. The van der Waals surface area contributed by atoms with Crippen LogP contribution in [0, 0.1) is 0 Å². The Labute approximate surface area is 125 Å². The second-order valence-electron chi connectivity index (χ2n) is 4.89. The van der Waals surface area contributed by atoms with Gasteiger partial charge in [0.2, 0.25) is 0 Å². The van der Waals surface area contributed by atoms with Crippen molar-refractivity contribution >= 4 is 28.7 Å². The molecule has 0 aliphatic heterocycles. The van der Waals surface area contributed by atoms with Crippen molar-refractivity contribution in [1.29, 1.82) is 0 Å². The molecule has 0 radical (unpaired) electrons. The van der Waals surface area contributed by atoms with E-state index in [1.807, 2.05) is 6.92 Å². The Morgan fingerprint density at radius 1 is 1.29 bits per heavy atom. The number of hydrogen-bond donors (Lipinski definition) is 0. The van der Waals surface area contributed by atoms with Gasteiger partial charge in [0.1, 0.15) is 5.78 Å². The van der Waals surface area contributed by atoms with E-state index in [-0.39, 0.29) is 16.6 Å². The molecule has 0 saturated carbocycles. The molecule has 2 aromatic rings. The lowest BCUT2D eigenvalue weighted by molar-refractivity contribution is -0.116. The van der Waals surface area contributed by atoms with Crippen LogP contribution in [-0.2, 0) is 25.4 Å².